The molecular formula is C26H35FN2O5S. The first-order valence-electron chi connectivity index (χ1n) is 11.7. The highest BCUT2D eigenvalue weighted by Gasteiger charge is 2.31. The Balaban J connectivity index is 1.75. The van der Waals surface area contributed by atoms with Gasteiger partial charge in [-0.1, -0.05) is 37.8 Å². The fourth-order valence-corrected chi connectivity index (χ4v) is 6.04. The average molecular weight is 507 g/mol. The number of benzene rings is 2. The molecule has 0 saturated heterocycles. The summed E-state index contributed by atoms with van der Waals surface area (Å²) in [6, 6.07) is 9.22. The summed E-state index contributed by atoms with van der Waals surface area (Å²) in [5, 5.41) is 17.0. The quantitative estimate of drug-likeness (QED) is 0.295. The van der Waals surface area contributed by atoms with E-state index in [0.717, 1.165) is 23.1 Å². The molecule has 5 N–H and O–H groups in total. The average Bonchev–Trinajstić information content (AvgIpc) is 2.79. The summed E-state index contributed by atoms with van der Waals surface area (Å²) in [5.74, 6) is -0.0922. The maximum absolute atomic E-state index is 14.1. The number of aliphatic hydroxyl groups excluding tert-OH is 1. The predicted octanol–water partition coefficient (Wildman–Crippen LogP) is 3.96. The van der Waals surface area contributed by atoms with E-state index in [1.54, 1.807) is 12.1 Å². The molecule has 3 rings (SSSR count). The summed E-state index contributed by atoms with van der Waals surface area (Å²) in [6.07, 6.45) is 1.58. The van der Waals surface area contributed by atoms with Gasteiger partial charge in [-0.15, -0.1) is 0 Å². The molecule has 35 heavy (non-hydrogen) atoms. The van der Waals surface area contributed by atoms with Crippen LogP contribution in [0.25, 0.3) is 0 Å². The molecule has 0 spiro atoms. The van der Waals surface area contributed by atoms with Crippen LogP contribution in [-0.4, -0.2) is 51.2 Å². The first kappa shape index (κ1) is 27.2. The summed E-state index contributed by atoms with van der Waals surface area (Å²) in [5.41, 5.74) is 3.58. The zero-order chi connectivity index (χ0) is 25.6. The van der Waals surface area contributed by atoms with E-state index in [-0.39, 0.29) is 43.0 Å². The fraction of sp³-hybridized carbons (Fsp3) is 0.423. The number of halogens is 1. The molecule has 0 unspecified atom stereocenters. The molecule has 0 bridgehead atoms. The topological polar surface area (TPSA) is 111 Å². The number of fused-ring (bicyclic) bond motifs is 1. The number of carbonyl (C=O) groups excluding carboxylic acids is 1. The third kappa shape index (κ3) is 7.78. The highest BCUT2D eigenvalue weighted by molar-refractivity contribution is 8.23. The zero-order valence-electron chi connectivity index (χ0n) is 20.2. The van der Waals surface area contributed by atoms with Crippen molar-refractivity contribution >= 4 is 16.5 Å². The van der Waals surface area contributed by atoms with Crippen LogP contribution >= 0.6 is 10.6 Å². The van der Waals surface area contributed by atoms with Gasteiger partial charge in [0.15, 0.2) is 0 Å². The second-order valence-corrected chi connectivity index (χ2v) is 11.2. The van der Waals surface area contributed by atoms with E-state index in [2.05, 4.69) is 30.2 Å². The molecule has 2 aromatic carbocycles. The van der Waals surface area contributed by atoms with Crippen molar-refractivity contribution in [2.45, 2.75) is 50.6 Å². The Hall–Kier alpha value is -2.43. The number of nitrogens with one attached hydrogen (secondary N) is 2. The van der Waals surface area contributed by atoms with Crippen molar-refractivity contribution in [2.24, 2.45) is 0 Å². The van der Waals surface area contributed by atoms with Crippen molar-refractivity contribution in [1.82, 2.24) is 10.6 Å². The number of amides is 1. The van der Waals surface area contributed by atoms with Crippen molar-refractivity contribution in [2.75, 3.05) is 18.9 Å². The lowest BCUT2D eigenvalue weighted by Gasteiger charge is -2.42. The standard InChI is InChI=1S/C26H35FN2O5S/c1-4-8-34-22-10-19(9-21(27)13-22)12-24(29-17(3)30)26(31)14-28-25-16-35(32,33)15-20-7-6-18(5-2)11-23(20)25/h4,6-7,9-11,13,24-26,28,31-33H,1,5,8,12,14-16H2,2-3H3,(H,29,30)/t24-,25-,26-/m0/s1. The lowest BCUT2D eigenvalue weighted by Crippen LogP contribution is -2.49. The summed E-state index contributed by atoms with van der Waals surface area (Å²) < 4.78 is 40.4. The van der Waals surface area contributed by atoms with Gasteiger partial charge in [-0.05, 0) is 47.2 Å². The first-order chi connectivity index (χ1) is 16.6. The highest BCUT2D eigenvalue weighted by atomic mass is 32.3. The smallest absolute Gasteiger partial charge is 0.217 e. The maximum atomic E-state index is 14.1. The minimum absolute atomic E-state index is 0.0933. The van der Waals surface area contributed by atoms with Crippen LogP contribution in [0.4, 0.5) is 4.39 Å². The normalized spacial score (nSPS) is 19.2. The van der Waals surface area contributed by atoms with Crippen LogP contribution in [-0.2, 0) is 23.4 Å². The predicted molar refractivity (Wildman–Crippen MR) is 137 cm³/mol. The molecule has 7 nitrogen and oxygen atoms in total. The third-order valence-electron chi connectivity index (χ3n) is 6.00. The summed E-state index contributed by atoms with van der Waals surface area (Å²) in [4.78, 5) is 11.8. The first-order valence-corrected chi connectivity index (χ1v) is 13.6. The number of aryl methyl sites for hydroxylation is 1. The van der Waals surface area contributed by atoms with E-state index in [9.17, 15) is 23.4 Å². The van der Waals surface area contributed by atoms with Gasteiger partial charge in [-0.2, -0.15) is 10.6 Å². The van der Waals surface area contributed by atoms with E-state index >= 15 is 0 Å². The Morgan fingerprint density at radius 1 is 1.29 bits per heavy atom. The summed E-state index contributed by atoms with van der Waals surface area (Å²) >= 11 is 0. The third-order valence-corrected chi connectivity index (χ3v) is 7.64. The van der Waals surface area contributed by atoms with Gasteiger partial charge in [-0.25, -0.2) is 4.39 Å². The monoisotopic (exact) mass is 506 g/mol. The van der Waals surface area contributed by atoms with E-state index < -0.39 is 28.6 Å². The second-order valence-electron chi connectivity index (χ2n) is 8.93. The van der Waals surface area contributed by atoms with Crippen LogP contribution in [0.15, 0.2) is 49.1 Å². The van der Waals surface area contributed by atoms with Crippen LogP contribution in [0.2, 0.25) is 0 Å². The number of hydrogen-bond donors (Lipinski definition) is 5. The van der Waals surface area contributed by atoms with Gasteiger partial charge in [0, 0.05) is 19.5 Å². The van der Waals surface area contributed by atoms with Gasteiger partial charge in [-0.3, -0.25) is 13.9 Å². The molecule has 192 valence electrons. The van der Waals surface area contributed by atoms with Gasteiger partial charge in [0.25, 0.3) is 0 Å². The molecular weight excluding hydrogens is 471 g/mol. The molecule has 1 aliphatic rings. The number of rotatable bonds is 11. The lowest BCUT2D eigenvalue weighted by atomic mass is 9.97. The molecule has 1 amide bonds. The van der Waals surface area contributed by atoms with E-state index in [1.807, 2.05) is 12.1 Å². The Labute approximate surface area is 207 Å². The van der Waals surface area contributed by atoms with Gasteiger partial charge in [0.1, 0.15) is 18.2 Å². The largest absolute Gasteiger partial charge is 0.489 e. The molecule has 0 aromatic heterocycles. The Kier molecular flexibility index (Phi) is 9.32. The molecule has 0 radical (unpaired) electrons. The number of hydrogen-bond acceptors (Lipinski definition) is 6. The summed E-state index contributed by atoms with van der Waals surface area (Å²) in [6.45, 7) is 7.32. The summed E-state index contributed by atoms with van der Waals surface area (Å²) in [7, 11) is -2.79. The van der Waals surface area contributed by atoms with Gasteiger partial charge >= 0.3 is 0 Å². The minimum Gasteiger partial charge on any atom is -0.489 e. The Morgan fingerprint density at radius 3 is 2.74 bits per heavy atom. The number of ether oxygens (including phenoxy) is 1. The molecule has 0 saturated carbocycles. The van der Waals surface area contributed by atoms with E-state index in [1.165, 1.54) is 19.1 Å². The van der Waals surface area contributed by atoms with Gasteiger partial charge < -0.3 is 20.5 Å². The maximum Gasteiger partial charge on any atom is 0.217 e. The number of carbonyl (C=O) groups is 1. The molecule has 0 fully saturated rings. The van der Waals surface area contributed by atoms with Gasteiger partial charge in [0.05, 0.1) is 29.7 Å². The SMILES string of the molecule is C=CCOc1cc(F)cc(C[C@H](NC(C)=O)[C@@H](O)CN[C@H]2CS(O)(O)Cc3ccc(CC)cc32)c1. The Morgan fingerprint density at radius 2 is 2.06 bits per heavy atom. The molecule has 2 aromatic rings. The molecule has 9 heteroatoms. The lowest BCUT2D eigenvalue weighted by molar-refractivity contribution is -0.120. The van der Waals surface area contributed by atoms with Crippen LogP contribution in [0.3, 0.4) is 0 Å². The van der Waals surface area contributed by atoms with Crippen molar-refractivity contribution in [3.05, 3.63) is 77.1 Å². The van der Waals surface area contributed by atoms with Crippen LogP contribution in [0, 0.1) is 5.82 Å². The molecule has 3 atom stereocenters. The Bertz CT molecular complexity index is 1050. The van der Waals surface area contributed by atoms with Crippen molar-refractivity contribution < 1.29 is 28.1 Å². The number of aliphatic hydroxyl groups is 1. The van der Waals surface area contributed by atoms with Crippen molar-refractivity contribution in [3.8, 4) is 5.75 Å². The van der Waals surface area contributed by atoms with E-state index in [0.29, 0.717) is 11.3 Å². The minimum atomic E-state index is -2.79. The van der Waals surface area contributed by atoms with Crippen LogP contribution in [0.1, 0.15) is 42.1 Å². The molecule has 1 heterocycles. The second kappa shape index (κ2) is 12.0. The zero-order valence-corrected chi connectivity index (χ0v) is 21.0. The molecule has 1 aliphatic heterocycles. The van der Waals surface area contributed by atoms with E-state index in [4.69, 9.17) is 4.74 Å². The van der Waals surface area contributed by atoms with Crippen molar-refractivity contribution in [1.29, 1.82) is 0 Å². The fourth-order valence-electron chi connectivity index (χ4n) is 4.33. The van der Waals surface area contributed by atoms with Crippen LogP contribution in [0.5, 0.6) is 5.75 Å². The van der Waals surface area contributed by atoms with Crippen molar-refractivity contribution in [3.63, 3.8) is 0 Å². The van der Waals surface area contributed by atoms with Gasteiger partial charge in [0.2, 0.25) is 5.91 Å². The molecule has 0 aliphatic carbocycles. The highest BCUT2D eigenvalue weighted by Crippen LogP contribution is 2.50. The van der Waals surface area contributed by atoms with Crippen LogP contribution < -0.4 is 15.4 Å².